The van der Waals surface area contributed by atoms with Gasteiger partial charge in [0.05, 0.1) is 6.61 Å². The van der Waals surface area contributed by atoms with Gasteiger partial charge in [-0.1, -0.05) is 6.07 Å². The van der Waals surface area contributed by atoms with E-state index in [1.807, 2.05) is 13.2 Å². The summed E-state index contributed by atoms with van der Waals surface area (Å²) in [6.07, 6.45) is 4.46. The van der Waals surface area contributed by atoms with E-state index in [1.165, 1.54) is 18.4 Å². The predicted molar refractivity (Wildman–Crippen MR) is 89.1 cm³/mol. The zero-order valence-corrected chi connectivity index (χ0v) is 13.8. The molecule has 0 bridgehead atoms. The van der Waals surface area contributed by atoms with Crippen molar-refractivity contribution in [1.29, 1.82) is 0 Å². The third kappa shape index (κ3) is 5.11. The quantitative estimate of drug-likeness (QED) is 0.827. The Labute approximate surface area is 133 Å². The Balaban J connectivity index is 0.00000220. The average Bonchev–Trinajstić information content (AvgIpc) is 2.92. The Morgan fingerprint density at radius 3 is 2.90 bits per heavy atom. The zero-order chi connectivity index (χ0) is 14.4. The molecule has 21 heavy (non-hydrogen) atoms. The molecule has 6 heteroatoms. The van der Waals surface area contributed by atoms with Crippen molar-refractivity contribution in [3.63, 3.8) is 0 Å². The lowest BCUT2D eigenvalue weighted by molar-refractivity contribution is 0.206. The molecule has 1 aromatic heterocycles. The minimum Gasteiger partial charge on any atom is -0.383 e. The first-order valence-electron chi connectivity index (χ1n) is 7.33. The third-order valence-electron chi connectivity index (χ3n) is 3.99. The minimum atomic E-state index is 0. The molecular formula is C15H27ClN4O. The standard InChI is InChI=1S/C15H26N4O.ClH/c1-18(8-9-20-2)15-6-5-13(11-17-15)12-19-7-3-4-14(19)10-16;/h5-6,11,14H,3-4,7-10,12,16H2,1-2H3;1H. The maximum absolute atomic E-state index is 5.81. The second-order valence-corrected chi connectivity index (χ2v) is 5.44. The molecular weight excluding hydrogens is 288 g/mol. The number of ether oxygens (including phenoxy) is 1. The van der Waals surface area contributed by atoms with Gasteiger partial charge in [-0.3, -0.25) is 4.90 Å². The molecule has 2 heterocycles. The zero-order valence-electron chi connectivity index (χ0n) is 13.0. The van der Waals surface area contributed by atoms with Crippen molar-refractivity contribution in [3.05, 3.63) is 23.9 Å². The summed E-state index contributed by atoms with van der Waals surface area (Å²) in [6, 6.07) is 4.79. The van der Waals surface area contributed by atoms with Crippen molar-refractivity contribution in [3.8, 4) is 0 Å². The van der Waals surface area contributed by atoms with Gasteiger partial charge in [-0.05, 0) is 31.0 Å². The number of rotatable bonds is 7. The maximum Gasteiger partial charge on any atom is 0.128 e. The minimum absolute atomic E-state index is 0. The smallest absolute Gasteiger partial charge is 0.128 e. The van der Waals surface area contributed by atoms with Crippen LogP contribution in [0.1, 0.15) is 18.4 Å². The summed E-state index contributed by atoms with van der Waals surface area (Å²) in [5.41, 5.74) is 7.07. The van der Waals surface area contributed by atoms with Crippen LogP contribution in [0.3, 0.4) is 0 Å². The third-order valence-corrected chi connectivity index (χ3v) is 3.99. The highest BCUT2D eigenvalue weighted by molar-refractivity contribution is 5.85. The van der Waals surface area contributed by atoms with Crippen molar-refractivity contribution in [1.82, 2.24) is 9.88 Å². The van der Waals surface area contributed by atoms with E-state index < -0.39 is 0 Å². The van der Waals surface area contributed by atoms with Gasteiger partial charge in [0.2, 0.25) is 0 Å². The largest absolute Gasteiger partial charge is 0.383 e. The van der Waals surface area contributed by atoms with Crippen LogP contribution in [0.25, 0.3) is 0 Å². The monoisotopic (exact) mass is 314 g/mol. The molecule has 1 aliphatic rings. The molecule has 0 amide bonds. The Kier molecular flexibility index (Phi) is 7.96. The summed E-state index contributed by atoms with van der Waals surface area (Å²) in [7, 11) is 3.75. The molecule has 1 aromatic rings. The number of nitrogens with two attached hydrogens (primary N) is 1. The lowest BCUT2D eigenvalue weighted by Crippen LogP contribution is -2.34. The molecule has 1 atom stereocenters. The van der Waals surface area contributed by atoms with E-state index >= 15 is 0 Å². The van der Waals surface area contributed by atoms with Crippen LogP contribution in [0.5, 0.6) is 0 Å². The molecule has 0 spiro atoms. The van der Waals surface area contributed by atoms with Gasteiger partial charge in [0, 0.05) is 46.0 Å². The van der Waals surface area contributed by atoms with Gasteiger partial charge in [-0.25, -0.2) is 4.98 Å². The van der Waals surface area contributed by atoms with E-state index in [-0.39, 0.29) is 12.4 Å². The van der Waals surface area contributed by atoms with Crippen LogP contribution in [0.4, 0.5) is 5.82 Å². The Morgan fingerprint density at radius 1 is 1.48 bits per heavy atom. The second-order valence-electron chi connectivity index (χ2n) is 5.44. The fourth-order valence-electron chi connectivity index (χ4n) is 2.68. The van der Waals surface area contributed by atoms with Crippen LogP contribution < -0.4 is 10.6 Å². The number of methoxy groups -OCH3 is 1. The van der Waals surface area contributed by atoms with Crippen molar-refractivity contribution in [2.24, 2.45) is 5.73 Å². The number of likely N-dealkylation sites (N-methyl/N-ethyl adjacent to an activating group) is 1. The van der Waals surface area contributed by atoms with Crippen LogP contribution in [0.15, 0.2) is 18.3 Å². The fourth-order valence-corrected chi connectivity index (χ4v) is 2.68. The van der Waals surface area contributed by atoms with Gasteiger partial charge in [-0.15, -0.1) is 12.4 Å². The highest BCUT2D eigenvalue weighted by Gasteiger charge is 2.22. The van der Waals surface area contributed by atoms with Crippen LogP contribution in [0, 0.1) is 0 Å². The first-order valence-corrected chi connectivity index (χ1v) is 7.33. The van der Waals surface area contributed by atoms with E-state index in [1.54, 1.807) is 7.11 Å². The molecule has 0 aromatic carbocycles. The molecule has 1 unspecified atom stereocenters. The number of pyridine rings is 1. The number of halogens is 1. The van der Waals surface area contributed by atoms with E-state index in [9.17, 15) is 0 Å². The summed E-state index contributed by atoms with van der Waals surface area (Å²) >= 11 is 0. The van der Waals surface area contributed by atoms with Gasteiger partial charge >= 0.3 is 0 Å². The van der Waals surface area contributed by atoms with Crippen molar-refractivity contribution < 1.29 is 4.74 Å². The summed E-state index contributed by atoms with van der Waals surface area (Å²) < 4.78 is 5.08. The summed E-state index contributed by atoms with van der Waals surface area (Å²) in [4.78, 5) is 9.10. The van der Waals surface area contributed by atoms with Gasteiger partial charge < -0.3 is 15.4 Å². The Hall–Kier alpha value is -0.880. The van der Waals surface area contributed by atoms with E-state index in [2.05, 4.69) is 26.9 Å². The summed E-state index contributed by atoms with van der Waals surface area (Å²) in [5, 5.41) is 0. The normalized spacial score (nSPS) is 18.5. The number of hydrogen-bond acceptors (Lipinski definition) is 5. The van der Waals surface area contributed by atoms with Crippen LogP contribution in [0.2, 0.25) is 0 Å². The lowest BCUT2D eigenvalue weighted by atomic mass is 10.2. The molecule has 5 nitrogen and oxygen atoms in total. The van der Waals surface area contributed by atoms with E-state index in [0.29, 0.717) is 12.6 Å². The molecule has 120 valence electrons. The fraction of sp³-hybridized carbons (Fsp3) is 0.667. The first-order chi connectivity index (χ1) is 9.74. The van der Waals surface area contributed by atoms with Crippen molar-refractivity contribution >= 4 is 18.2 Å². The molecule has 1 aliphatic heterocycles. The van der Waals surface area contributed by atoms with Crippen molar-refractivity contribution in [2.75, 3.05) is 45.3 Å². The highest BCUT2D eigenvalue weighted by Crippen LogP contribution is 2.19. The molecule has 0 aliphatic carbocycles. The lowest BCUT2D eigenvalue weighted by Gasteiger charge is -2.23. The Morgan fingerprint density at radius 2 is 2.29 bits per heavy atom. The maximum atomic E-state index is 5.81. The number of hydrogen-bond donors (Lipinski definition) is 1. The molecule has 1 saturated heterocycles. The number of anilines is 1. The highest BCUT2D eigenvalue weighted by atomic mass is 35.5. The summed E-state index contributed by atoms with van der Waals surface area (Å²) in [5.74, 6) is 0.989. The van der Waals surface area contributed by atoms with Gasteiger partial charge in [-0.2, -0.15) is 0 Å². The van der Waals surface area contributed by atoms with Crippen LogP contribution in [-0.2, 0) is 11.3 Å². The topological polar surface area (TPSA) is 54.6 Å². The SMILES string of the molecule is COCCN(C)c1ccc(CN2CCCC2CN)cn1.Cl. The second kappa shape index (κ2) is 9.20. The summed E-state index contributed by atoms with van der Waals surface area (Å²) in [6.45, 7) is 4.43. The van der Waals surface area contributed by atoms with Gasteiger partial charge in [0.1, 0.15) is 5.82 Å². The molecule has 2 N–H and O–H groups in total. The van der Waals surface area contributed by atoms with Crippen LogP contribution >= 0.6 is 12.4 Å². The molecule has 2 rings (SSSR count). The number of nitrogens with zero attached hydrogens (tertiary/aromatic N) is 3. The first kappa shape index (κ1) is 18.2. The molecule has 0 saturated carbocycles. The predicted octanol–water partition coefficient (Wildman–Crippen LogP) is 1.51. The molecule has 0 radical (unpaired) electrons. The van der Waals surface area contributed by atoms with E-state index in [4.69, 9.17) is 10.5 Å². The Bertz CT molecular complexity index is 401. The molecule has 1 fully saturated rings. The average molecular weight is 315 g/mol. The van der Waals surface area contributed by atoms with Gasteiger partial charge in [0.15, 0.2) is 0 Å². The van der Waals surface area contributed by atoms with Gasteiger partial charge in [0.25, 0.3) is 0 Å². The van der Waals surface area contributed by atoms with Crippen LogP contribution in [-0.4, -0.2) is 56.3 Å². The number of likely N-dealkylation sites (tertiary alicyclic amines) is 1. The van der Waals surface area contributed by atoms with Crippen molar-refractivity contribution in [2.45, 2.75) is 25.4 Å². The number of aromatic nitrogens is 1. The van der Waals surface area contributed by atoms with E-state index in [0.717, 1.165) is 32.0 Å².